The van der Waals surface area contributed by atoms with Gasteiger partial charge in [0.25, 0.3) is 11.8 Å². The molecule has 176 valence electrons. The lowest BCUT2D eigenvalue weighted by Gasteiger charge is -2.42. The lowest BCUT2D eigenvalue weighted by Crippen LogP contribution is -2.64. The first-order valence-corrected chi connectivity index (χ1v) is 11.1. The zero-order valence-electron chi connectivity index (χ0n) is 19.1. The number of hydrogen-bond donors (Lipinski definition) is 1. The van der Waals surface area contributed by atoms with Crippen molar-refractivity contribution in [3.05, 3.63) is 69.7 Å². The zero-order valence-corrected chi connectivity index (χ0v) is 19.8. The molecular formula is C22H13B5ClF2N3O4. The van der Waals surface area contributed by atoms with E-state index >= 15 is 0 Å². The van der Waals surface area contributed by atoms with Crippen LogP contribution in [0.1, 0.15) is 33.5 Å². The lowest BCUT2D eigenvalue weighted by atomic mass is 9.55. The molecule has 2 aliphatic rings. The Hall–Kier alpha value is -3.01. The molecule has 2 heterocycles. The van der Waals surface area contributed by atoms with Gasteiger partial charge in [0.2, 0.25) is 19.8 Å². The molecule has 10 radical (unpaired) electrons. The van der Waals surface area contributed by atoms with Gasteiger partial charge in [0.1, 0.15) is 7.85 Å². The normalized spacial score (nSPS) is 22.0. The molecule has 2 atom stereocenters. The van der Waals surface area contributed by atoms with Crippen LogP contribution in [0.4, 0.5) is 8.78 Å². The molecule has 37 heavy (non-hydrogen) atoms. The molecule has 0 bridgehead atoms. The molecule has 1 unspecified atom stereocenters. The van der Waals surface area contributed by atoms with Crippen molar-refractivity contribution in [2.24, 2.45) is 0 Å². The maximum atomic E-state index is 14.9. The Morgan fingerprint density at radius 3 is 2.32 bits per heavy atom. The van der Waals surface area contributed by atoms with E-state index in [-0.39, 0.29) is 39.5 Å². The van der Waals surface area contributed by atoms with Crippen LogP contribution in [-0.2, 0) is 32.2 Å². The topological polar surface area (TPSA) is 86.8 Å². The first-order valence-electron chi connectivity index (χ1n) is 10.8. The van der Waals surface area contributed by atoms with Crippen molar-refractivity contribution in [3.63, 3.8) is 0 Å². The van der Waals surface area contributed by atoms with E-state index in [1.165, 1.54) is 30.3 Å². The van der Waals surface area contributed by atoms with Crippen LogP contribution in [0.15, 0.2) is 42.5 Å². The molecule has 4 amide bonds. The molecule has 2 aromatic rings. The summed E-state index contributed by atoms with van der Waals surface area (Å²) >= 11 is 5.72. The molecule has 0 saturated carbocycles. The molecule has 1 N–H and O–H groups in total. The number of nitrogens with zero attached hydrogens (tertiary/aromatic N) is 2. The first kappa shape index (κ1) is 27.0. The Balaban J connectivity index is 1.61. The summed E-state index contributed by atoms with van der Waals surface area (Å²) in [5, 5.41) is -0.214. The van der Waals surface area contributed by atoms with Gasteiger partial charge in [0, 0.05) is 28.5 Å². The number of hydrogen-bond acceptors (Lipinski definition) is 4. The predicted molar refractivity (Wildman–Crippen MR) is 133 cm³/mol. The Bertz CT molecular complexity index is 1330. The Labute approximate surface area is 222 Å². The average Bonchev–Trinajstić information content (AvgIpc) is 3.18. The van der Waals surface area contributed by atoms with E-state index in [4.69, 9.17) is 51.0 Å². The maximum Gasteiger partial charge on any atom is 0.348 e. The number of fused-ring (bicyclic) bond motifs is 1. The second-order valence-electron chi connectivity index (χ2n) is 8.90. The van der Waals surface area contributed by atoms with Crippen molar-refractivity contribution < 1.29 is 28.0 Å². The summed E-state index contributed by atoms with van der Waals surface area (Å²) in [6.45, 7) is -0.220. The molecule has 0 aliphatic carbocycles. The van der Waals surface area contributed by atoms with E-state index in [0.29, 0.717) is 0 Å². The maximum absolute atomic E-state index is 14.9. The zero-order chi connectivity index (χ0) is 27.5. The van der Waals surface area contributed by atoms with Crippen LogP contribution >= 0.6 is 11.6 Å². The van der Waals surface area contributed by atoms with E-state index < -0.39 is 51.7 Å². The summed E-state index contributed by atoms with van der Waals surface area (Å²) in [5.41, 5.74) is -2.31. The number of benzene rings is 2. The standard InChI is InChI=1S/C22H13B5ClF2N3O4/c23-15-8-20(24,18(36)31-16(15)34)32-9-10-7-12(3-6-14(10)17(32)35)22(25,26)33(27)19(37)21(29,30)11-1-4-13(28)5-2-11/h1-7,15H,8-9H2,(H,31,34,36)/t15?,20-/m0/s1. The second kappa shape index (κ2) is 9.08. The van der Waals surface area contributed by atoms with Gasteiger partial charge < -0.3 is 9.71 Å². The Morgan fingerprint density at radius 1 is 1.11 bits per heavy atom. The SMILES string of the molecule is [B]C1C[C@]([B])(N2Cc3cc(C([B])([B])N([B])C(=O)C(F)(F)c4ccc(Cl)cc4)ccc3C2=O)C(=O)NC1=O. The molecule has 7 nitrogen and oxygen atoms in total. The first-order chi connectivity index (χ1) is 17.1. The predicted octanol–water partition coefficient (Wildman–Crippen LogP) is 0.315. The van der Waals surface area contributed by atoms with Gasteiger partial charge in [0.15, 0.2) is 0 Å². The quantitative estimate of drug-likeness (QED) is 0.464. The largest absolute Gasteiger partial charge is 0.398 e. The van der Waals surface area contributed by atoms with Crippen LogP contribution in [0.3, 0.4) is 0 Å². The molecule has 0 aromatic heterocycles. The van der Waals surface area contributed by atoms with Crippen molar-refractivity contribution in [3.8, 4) is 0 Å². The van der Waals surface area contributed by atoms with Gasteiger partial charge in [0.05, 0.1) is 29.0 Å². The highest BCUT2D eigenvalue weighted by atomic mass is 35.5. The number of rotatable bonds is 5. The monoisotopic (exact) mass is 511 g/mol. The van der Waals surface area contributed by atoms with Crippen molar-refractivity contribution in [2.75, 3.05) is 0 Å². The number of halogens is 3. The third-order valence-corrected chi connectivity index (χ3v) is 6.70. The van der Waals surface area contributed by atoms with E-state index in [1.54, 1.807) is 0 Å². The molecule has 1 saturated heterocycles. The molecule has 2 aromatic carbocycles. The Kier molecular flexibility index (Phi) is 6.63. The number of carbonyl (C=O) groups excluding carboxylic acids is 4. The Morgan fingerprint density at radius 2 is 1.70 bits per heavy atom. The van der Waals surface area contributed by atoms with E-state index in [2.05, 4.69) is 0 Å². The van der Waals surface area contributed by atoms with Crippen molar-refractivity contribution in [1.29, 1.82) is 0 Å². The highest BCUT2D eigenvalue weighted by Gasteiger charge is 2.50. The van der Waals surface area contributed by atoms with Gasteiger partial charge in [-0.25, -0.2) is 0 Å². The third kappa shape index (κ3) is 4.39. The number of alkyl halides is 2. The van der Waals surface area contributed by atoms with Crippen LogP contribution in [-0.4, -0.2) is 78.1 Å². The van der Waals surface area contributed by atoms with Crippen LogP contribution in [0, 0.1) is 0 Å². The summed E-state index contributed by atoms with van der Waals surface area (Å²) < 4.78 is 29.8. The van der Waals surface area contributed by atoms with Gasteiger partial charge in [-0.1, -0.05) is 35.9 Å². The molecule has 1 fully saturated rings. The van der Waals surface area contributed by atoms with Crippen molar-refractivity contribution >= 4 is 74.6 Å². The smallest absolute Gasteiger partial charge is 0.348 e. The van der Waals surface area contributed by atoms with Crippen molar-refractivity contribution in [2.45, 2.75) is 35.5 Å². The number of carbonyl (C=O) groups is 4. The minimum Gasteiger partial charge on any atom is -0.398 e. The average molecular weight is 511 g/mol. The minimum absolute atomic E-state index is 0.00150. The summed E-state index contributed by atoms with van der Waals surface area (Å²) in [5.74, 6) is -9.39. The van der Waals surface area contributed by atoms with Crippen LogP contribution in [0.25, 0.3) is 0 Å². The number of amides is 4. The van der Waals surface area contributed by atoms with E-state index in [0.717, 1.165) is 17.0 Å². The third-order valence-electron chi connectivity index (χ3n) is 6.44. The summed E-state index contributed by atoms with van der Waals surface area (Å²) in [6.07, 6.45) is -0.327. The molecule has 0 spiro atoms. The van der Waals surface area contributed by atoms with Crippen molar-refractivity contribution in [1.82, 2.24) is 15.0 Å². The van der Waals surface area contributed by atoms with E-state index in [1.807, 2.05) is 5.32 Å². The van der Waals surface area contributed by atoms with Gasteiger partial charge in [-0.2, -0.15) is 8.78 Å². The fourth-order valence-electron chi connectivity index (χ4n) is 4.20. The lowest BCUT2D eigenvalue weighted by molar-refractivity contribution is -0.155. The molecular weight excluding hydrogens is 498 g/mol. The number of nitrogens with one attached hydrogen (secondary N) is 1. The minimum atomic E-state index is -4.09. The van der Waals surface area contributed by atoms with Crippen LogP contribution in [0.5, 0.6) is 0 Å². The summed E-state index contributed by atoms with van der Waals surface area (Å²) in [4.78, 5) is 50.9. The molecule has 4 rings (SSSR count). The van der Waals surface area contributed by atoms with Gasteiger partial charge in [-0.05, 0) is 41.1 Å². The summed E-state index contributed by atoms with van der Waals surface area (Å²) in [6, 6.07) is 8.08. The fourth-order valence-corrected chi connectivity index (χ4v) is 4.33. The number of piperidine rings is 1. The van der Waals surface area contributed by atoms with Gasteiger partial charge in [-0.15, -0.1) is 0 Å². The molecule has 15 heteroatoms. The van der Waals surface area contributed by atoms with Gasteiger partial charge in [-0.3, -0.25) is 24.5 Å². The summed E-state index contributed by atoms with van der Waals surface area (Å²) in [7, 11) is 29.7. The van der Waals surface area contributed by atoms with Crippen LogP contribution < -0.4 is 5.32 Å². The highest BCUT2D eigenvalue weighted by molar-refractivity contribution is 6.43. The van der Waals surface area contributed by atoms with Gasteiger partial charge >= 0.3 is 5.92 Å². The van der Waals surface area contributed by atoms with Crippen LogP contribution in [0.2, 0.25) is 10.8 Å². The van der Waals surface area contributed by atoms with E-state index in [9.17, 15) is 28.0 Å². The second-order valence-corrected chi connectivity index (χ2v) is 9.33. The number of imide groups is 1. The highest BCUT2D eigenvalue weighted by Crippen LogP contribution is 2.38. The molecule has 2 aliphatic heterocycles. The fraction of sp³-hybridized carbons (Fsp3) is 0.273.